The molecule has 102 valence electrons. The molecule has 3 fully saturated rings. The molecular weight excluding hydrogens is 232 g/mol. The van der Waals surface area contributed by atoms with Gasteiger partial charge in [-0.15, -0.1) is 0 Å². The molecular formula is C14H22O4. The van der Waals surface area contributed by atoms with E-state index in [1.54, 1.807) is 0 Å². The van der Waals surface area contributed by atoms with Crippen molar-refractivity contribution in [3.63, 3.8) is 0 Å². The minimum Gasteiger partial charge on any atom is -0.396 e. The van der Waals surface area contributed by atoms with Gasteiger partial charge in [0, 0.05) is 6.61 Å². The van der Waals surface area contributed by atoms with E-state index in [1.165, 1.54) is 0 Å². The lowest BCUT2D eigenvalue weighted by atomic mass is 9.67. The number of Topliss-reactive ketones (excluding diaryl/α,β-unsaturated/α-hetero) is 1. The summed E-state index contributed by atoms with van der Waals surface area (Å²) in [5.74, 6) is 0.0345. The lowest BCUT2D eigenvalue weighted by Gasteiger charge is -2.38. The molecule has 4 nitrogen and oxygen atoms in total. The monoisotopic (exact) mass is 254 g/mol. The van der Waals surface area contributed by atoms with Crippen molar-refractivity contribution in [3.8, 4) is 0 Å². The van der Waals surface area contributed by atoms with Gasteiger partial charge in [-0.3, -0.25) is 4.79 Å². The Kier molecular flexibility index (Phi) is 2.34. The molecule has 3 saturated carbocycles. The van der Waals surface area contributed by atoms with Crippen molar-refractivity contribution in [2.75, 3.05) is 13.2 Å². The number of hydrogen-bond donors (Lipinski definition) is 3. The number of aliphatic hydroxyl groups is 3. The zero-order valence-corrected chi connectivity index (χ0v) is 11.0. The summed E-state index contributed by atoms with van der Waals surface area (Å²) in [4.78, 5) is 12.3. The normalized spacial score (nSPS) is 58.3. The number of ketones is 1. The molecule has 0 amide bonds. The van der Waals surface area contributed by atoms with Gasteiger partial charge in [0.15, 0.2) is 5.78 Å². The van der Waals surface area contributed by atoms with Gasteiger partial charge in [0.25, 0.3) is 0 Å². The largest absolute Gasteiger partial charge is 0.396 e. The van der Waals surface area contributed by atoms with E-state index in [9.17, 15) is 20.1 Å². The molecule has 3 aliphatic carbocycles. The fraction of sp³-hybridized carbons (Fsp3) is 0.929. The fourth-order valence-corrected chi connectivity index (χ4v) is 4.86. The van der Waals surface area contributed by atoms with Crippen LogP contribution in [0.15, 0.2) is 0 Å². The topological polar surface area (TPSA) is 77.8 Å². The summed E-state index contributed by atoms with van der Waals surface area (Å²) >= 11 is 0. The van der Waals surface area contributed by atoms with Crippen LogP contribution in [0.3, 0.4) is 0 Å². The quantitative estimate of drug-likeness (QED) is 0.664. The molecule has 0 aromatic heterocycles. The Balaban J connectivity index is 1.98. The summed E-state index contributed by atoms with van der Waals surface area (Å²) in [5.41, 5.74) is -1.06. The molecule has 0 spiro atoms. The number of fused-ring (bicyclic) bond motifs is 3. The molecule has 0 aromatic rings. The van der Waals surface area contributed by atoms with Gasteiger partial charge >= 0.3 is 0 Å². The van der Waals surface area contributed by atoms with E-state index in [0.717, 1.165) is 6.42 Å². The maximum absolute atomic E-state index is 12.3. The van der Waals surface area contributed by atoms with Crippen molar-refractivity contribution >= 4 is 5.78 Å². The second kappa shape index (κ2) is 3.35. The predicted octanol–water partition coefficient (Wildman–Crippen LogP) is 0.343. The van der Waals surface area contributed by atoms with Crippen LogP contribution >= 0.6 is 0 Å². The van der Waals surface area contributed by atoms with Gasteiger partial charge in [-0.25, -0.2) is 0 Å². The van der Waals surface area contributed by atoms with Crippen LogP contribution in [0.2, 0.25) is 0 Å². The molecule has 3 aliphatic rings. The maximum atomic E-state index is 12.3. The van der Waals surface area contributed by atoms with Crippen molar-refractivity contribution in [2.24, 2.45) is 28.1 Å². The Morgan fingerprint density at radius 2 is 1.89 bits per heavy atom. The Labute approximate surface area is 107 Å². The van der Waals surface area contributed by atoms with Gasteiger partial charge in [-0.1, -0.05) is 13.8 Å². The molecule has 0 unspecified atom stereocenters. The van der Waals surface area contributed by atoms with E-state index < -0.39 is 11.5 Å². The lowest BCUT2D eigenvalue weighted by molar-refractivity contribution is -0.146. The maximum Gasteiger partial charge on any atom is 0.170 e. The Bertz CT molecular complexity index is 409. The first kappa shape index (κ1) is 12.6. The van der Waals surface area contributed by atoms with E-state index in [1.807, 2.05) is 6.92 Å². The van der Waals surface area contributed by atoms with Crippen LogP contribution in [-0.2, 0) is 4.79 Å². The lowest BCUT2D eigenvalue weighted by Crippen LogP contribution is -2.48. The zero-order chi connectivity index (χ0) is 13.3. The summed E-state index contributed by atoms with van der Waals surface area (Å²) in [7, 11) is 0. The summed E-state index contributed by atoms with van der Waals surface area (Å²) in [6.45, 7) is 4.03. The molecule has 0 radical (unpaired) electrons. The van der Waals surface area contributed by atoms with Crippen LogP contribution in [0.4, 0.5) is 0 Å². The summed E-state index contributed by atoms with van der Waals surface area (Å²) in [6.07, 6.45) is 1.29. The summed E-state index contributed by atoms with van der Waals surface area (Å²) in [6, 6.07) is 0. The van der Waals surface area contributed by atoms with E-state index in [2.05, 4.69) is 6.92 Å². The molecule has 0 aromatic carbocycles. The van der Waals surface area contributed by atoms with Gasteiger partial charge in [0.1, 0.15) is 6.10 Å². The Morgan fingerprint density at radius 1 is 1.22 bits per heavy atom. The Morgan fingerprint density at radius 3 is 2.44 bits per heavy atom. The molecule has 4 heteroatoms. The second-order valence-electron chi connectivity index (χ2n) is 7.29. The number of aliphatic hydroxyl groups excluding tert-OH is 3. The minimum atomic E-state index is -0.953. The average Bonchev–Trinajstić information content (AvgIpc) is 2.83. The van der Waals surface area contributed by atoms with Gasteiger partial charge in [-0.05, 0) is 41.9 Å². The number of carbonyl (C=O) groups excluding carboxylic acids is 1. The van der Waals surface area contributed by atoms with Gasteiger partial charge < -0.3 is 15.3 Å². The number of hydrogen-bond acceptors (Lipinski definition) is 4. The highest BCUT2D eigenvalue weighted by molar-refractivity contribution is 5.94. The number of rotatable bonds is 2. The van der Waals surface area contributed by atoms with Gasteiger partial charge in [0.05, 0.1) is 12.0 Å². The first-order valence-corrected chi connectivity index (χ1v) is 6.78. The predicted molar refractivity (Wildman–Crippen MR) is 64.7 cm³/mol. The van der Waals surface area contributed by atoms with E-state index >= 15 is 0 Å². The standard InChI is InChI=1S/C14H22O4/c1-12(6-15)3-8-9(4-12)13(2)5-14(13,7-16)11(18)10(8)17/h8-10,15-17H,3-7H2,1-2H3/t8-,9+,10+,12+,13-,14-/m0/s1. The van der Waals surface area contributed by atoms with Crippen molar-refractivity contribution in [1.82, 2.24) is 0 Å². The van der Waals surface area contributed by atoms with Crippen LogP contribution in [0, 0.1) is 28.1 Å². The van der Waals surface area contributed by atoms with Gasteiger partial charge in [0.2, 0.25) is 0 Å². The third-order valence-corrected chi connectivity index (χ3v) is 6.21. The molecule has 3 N–H and O–H groups in total. The first-order valence-electron chi connectivity index (χ1n) is 6.78. The fourth-order valence-electron chi connectivity index (χ4n) is 4.86. The van der Waals surface area contributed by atoms with Crippen molar-refractivity contribution in [2.45, 2.75) is 39.2 Å². The van der Waals surface area contributed by atoms with E-state index in [4.69, 9.17) is 0 Å². The number of carbonyl (C=O) groups is 1. The molecule has 0 heterocycles. The molecule has 6 atom stereocenters. The second-order valence-corrected chi connectivity index (χ2v) is 7.29. The minimum absolute atomic E-state index is 0.0400. The van der Waals surface area contributed by atoms with Crippen molar-refractivity contribution < 1.29 is 20.1 Å². The Hall–Kier alpha value is -0.450. The van der Waals surface area contributed by atoms with E-state index in [0.29, 0.717) is 12.8 Å². The SMILES string of the molecule is C[C@@]1(CO)C[C@H]2[C@@H](C1)[C@]1(C)C[C@]1(CO)C(=O)[C@@H]2O. The summed E-state index contributed by atoms with van der Waals surface area (Å²) in [5, 5.41) is 29.3. The first-order chi connectivity index (χ1) is 8.33. The van der Waals surface area contributed by atoms with Crippen molar-refractivity contribution in [1.29, 1.82) is 0 Å². The van der Waals surface area contributed by atoms with Gasteiger partial charge in [-0.2, -0.15) is 0 Å². The van der Waals surface area contributed by atoms with Crippen LogP contribution in [0.1, 0.15) is 33.1 Å². The third kappa shape index (κ3) is 1.19. The van der Waals surface area contributed by atoms with E-state index in [-0.39, 0.29) is 41.7 Å². The van der Waals surface area contributed by atoms with Crippen LogP contribution in [-0.4, -0.2) is 40.4 Å². The molecule has 3 rings (SSSR count). The average molecular weight is 254 g/mol. The van der Waals surface area contributed by atoms with Crippen molar-refractivity contribution in [3.05, 3.63) is 0 Å². The molecule has 18 heavy (non-hydrogen) atoms. The highest BCUT2D eigenvalue weighted by atomic mass is 16.3. The smallest absolute Gasteiger partial charge is 0.170 e. The highest BCUT2D eigenvalue weighted by Crippen LogP contribution is 2.76. The molecule has 0 aliphatic heterocycles. The van der Waals surface area contributed by atoms with Crippen LogP contribution in [0.5, 0.6) is 0 Å². The summed E-state index contributed by atoms with van der Waals surface area (Å²) < 4.78 is 0. The molecule has 0 bridgehead atoms. The zero-order valence-electron chi connectivity index (χ0n) is 11.0. The molecule has 0 saturated heterocycles. The highest BCUT2D eigenvalue weighted by Gasteiger charge is 2.78. The van der Waals surface area contributed by atoms with Crippen LogP contribution < -0.4 is 0 Å². The third-order valence-electron chi connectivity index (χ3n) is 6.21. The van der Waals surface area contributed by atoms with Crippen LogP contribution in [0.25, 0.3) is 0 Å².